The van der Waals surface area contributed by atoms with Gasteiger partial charge in [-0.25, -0.2) is 9.07 Å². The fourth-order valence-electron chi connectivity index (χ4n) is 2.10. The highest BCUT2D eigenvalue weighted by Gasteiger charge is 2.19. The summed E-state index contributed by atoms with van der Waals surface area (Å²) in [5.74, 6) is -1.07. The van der Waals surface area contributed by atoms with Crippen molar-refractivity contribution in [2.75, 3.05) is 6.61 Å². The first-order valence-corrected chi connectivity index (χ1v) is 6.79. The number of hydrogen-bond donors (Lipinski definition) is 1. The Kier molecular flexibility index (Phi) is 4.81. The van der Waals surface area contributed by atoms with Gasteiger partial charge in [0.25, 0.3) is 0 Å². The number of rotatable bonds is 5. The highest BCUT2D eigenvalue weighted by molar-refractivity contribution is 5.73. The van der Waals surface area contributed by atoms with Crippen molar-refractivity contribution >= 4 is 5.97 Å². The summed E-state index contributed by atoms with van der Waals surface area (Å²) in [4.78, 5) is 15.8. The zero-order chi connectivity index (χ0) is 16.3. The third kappa shape index (κ3) is 3.11. The molecule has 2 aromatic rings. The second kappa shape index (κ2) is 6.61. The number of hydrogen-bond acceptors (Lipinski definition) is 6. The lowest BCUT2D eigenvalue weighted by Gasteiger charge is -2.09. The Morgan fingerprint density at radius 1 is 1.50 bits per heavy atom. The molecule has 22 heavy (non-hydrogen) atoms. The zero-order valence-electron chi connectivity index (χ0n) is 12.6. The molecule has 0 saturated carbocycles. The molecule has 0 aliphatic heterocycles. The Hall–Kier alpha value is -2.35. The third-order valence-electron chi connectivity index (χ3n) is 3.24. The molecular formula is C14H17FN4O3. The van der Waals surface area contributed by atoms with Crippen molar-refractivity contribution in [1.82, 2.24) is 20.0 Å². The second-order valence-corrected chi connectivity index (χ2v) is 4.70. The molecule has 0 amide bonds. The molecule has 0 saturated heterocycles. The fourth-order valence-corrected chi connectivity index (χ4v) is 2.10. The number of halogens is 1. The van der Waals surface area contributed by atoms with E-state index in [-0.39, 0.29) is 30.9 Å². The van der Waals surface area contributed by atoms with E-state index in [1.54, 1.807) is 20.9 Å². The van der Waals surface area contributed by atoms with Gasteiger partial charge in [-0.1, -0.05) is 5.21 Å². The van der Waals surface area contributed by atoms with Gasteiger partial charge in [0.2, 0.25) is 0 Å². The minimum absolute atomic E-state index is 0.174. The summed E-state index contributed by atoms with van der Waals surface area (Å²) in [6, 6.07) is 1.19. The van der Waals surface area contributed by atoms with Gasteiger partial charge in [0, 0.05) is 24.4 Å². The first-order chi connectivity index (χ1) is 10.5. The fraction of sp³-hybridized carbons (Fsp3) is 0.429. The van der Waals surface area contributed by atoms with Gasteiger partial charge in [0.05, 0.1) is 31.0 Å². The molecule has 0 aliphatic carbocycles. The molecular weight excluding hydrogens is 291 g/mol. The van der Waals surface area contributed by atoms with Crippen molar-refractivity contribution in [1.29, 1.82) is 0 Å². The number of carbonyl (C=O) groups excluding carboxylic acids is 1. The number of aliphatic hydroxyl groups excluding tert-OH is 1. The Labute approximate surface area is 126 Å². The molecule has 2 rings (SSSR count). The van der Waals surface area contributed by atoms with Gasteiger partial charge >= 0.3 is 5.97 Å². The predicted octanol–water partition coefficient (Wildman–Crippen LogP) is 0.923. The molecule has 118 valence electrons. The number of aliphatic hydroxyl groups is 1. The molecule has 0 atom stereocenters. The molecule has 0 aromatic carbocycles. The van der Waals surface area contributed by atoms with E-state index < -0.39 is 11.8 Å². The summed E-state index contributed by atoms with van der Waals surface area (Å²) in [7, 11) is 1.63. The van der Waals surface area contributed by atoms with Crippen LogP contribution in [0.5, 0.6) is 0 Å². The van der Waals surface area contributed by atoms with Crippen molar-refractivity contribution in [3.63, 3.8) is 0 Å². The largest absolute Gasteiger partial charge is 0.466 e. The Morgan fingerprint density at radius 2 is 2.23 bits per heavy atom. The lowest BCUT2D eigenvalue weighted by Crippen LogP contribution is -2.11. The molecule has 0 bridgehead atoms. The van der Waals surface area contributed by atoms with Crippen LogP contribution in [0, 0.1) is 12.7 Å². The molecule has 8 heteroatoms. The molecule has 1 N–H and O–H groups in total. The molecule has 2 heterocycles. The van der Waals surface area contributed by atoms with Crippen LogP contribution < -0.4 is 0 Å². The first-order valence-electron chi connectivity index (χ1n) is 6.79. The minimum Gasteiger partial charge on any atom is -0.466 e. The summed E-state index contributed by atoms with van der Waals surface area (Å²) < 4.78 is 20.5. The topological polar surface area (TPSA) is 90.1 Å². The summed E-state index contributed by atoms with van der Waals surface area (Å²) in [6.45, 7) is 3.25. The van der Waals surface area contributed by atoms with Crippen molar-refractivity contribution in [3.05, 3.63) is 28.8 Å². The normalized spacial score (nSPS) is 10.8. The standard InChI is InChI=1S/C14H17FN4O3/c1-4-22-13(21)5-9-8(2)16-11(6-10(9)15)14-12(7-20)19(3)18-17-14/h6,20H,4-5,7H2,1-3H3. The minimum atomic E-state index is -0.565. The van der Waals surface area contributed by atoms with Crippen molar-refractivity contribution in [2.45, 2.75) is 26.9 Å². The number of esters is 1. The van der Waals surface area contributed by atoms with Gasteiger partial charge in [-0.05, 0) is 13.8 Å². The van der Waals surface area contributed by atoms with E-state index in [9.17, 15) is 14.3 Å². The van der Waals surface area contributed by atoms with Gasteiger partial charge in [0.15, 0.2) is 0 Å². The van der Waals surface area contributed by atoms with E-state index in [0.29, 0.717) is 17.1 Å². The van der Waals surface area contributed by atoms with Gasteiger partial charge in [-0.3, -0.25) is 9.78 Å². The predicted molar refractivity (Wildman–Crippen MR) is 75.2 cm³/mol. The average molecular weight is 308 g/mol. The molecule has 0 aliphatic rings. The second-order valence-electron chi connectivity index (χ2n) is 4.70. The number of pyridine rings is 1. The van der Waals surface area contributed by atoms with Gasteiger partial charge < -0.3 is 9.84 Å². The number of carbonyl (C=O) groups is 1. The summed E-state index contributed by atoms with van der Waals surface area (Å²) in [5, 5.41) is 17.0. The van der Waals surface area contributed by atoms with Crippen LogP contribution in [-0.4, -0.2) is 37.7 Å². The van der Waals surface area contributed by atoms with E-state index in [0.717, 1.165) is 0 Å². The molecule has 7 nitrogen and oxygen atoms in total. The monoisotopic (exact) mass is 308 g/mol. The van der Waals surface area contributed by atoms with Crippen LogP contribution in [0.4, 0.5) is 4.39 Å². The van der Waals surface area contributed by atoms with E-state index in [2.05, 4.69) is 15.3 Å². The van der Waals surface area contributed by atoms with Crippen LogP contribution in [0.15, 0.2) is 6.07 Å². The Morgan fingerprint density at radius 3 is 2.82 bits per heavy atom. The molecule has 0 fully saturated rings. The molecule has 2 aromatic heterocycles. The summed E-state index contributed by atoms with van der Waals surface area (Å²) >= 11 is 0. The van der Waals surface area contributed by atoms with E-state index in [1.807, 2.05) is 0 Å². The number of nitrogens with zero attached hydrogens (tertiary/aromatic N) is 4. The van der Waals surface area contributed by atoms with Gasteiger partial charge in [-0.15, -0.1) is 5.10 Å². The molecule has 0 radical (unpaired) electrons. The van der Waals surface area contributed by atoms with E-state index >= 15 is 0 Å². The maximum absolute atomic E-state index is 14.3. The number of ether oxygens (including phenoxy) is 1. The van der Waals surface area contributed by atoms with Crippen LogP contribution in [0.3, 0.4) is 0 Å². The highest BCUT2D eigenvalue weighted by Crippen LogP contribution is 2.23. The van der Waals surface area contributed by atoms with Crippen molar-refractivity contribution in [3.8, 4) is 11.4 Å². The van der Waals surface area contributed by atoms with Crippen LogP contribution in [-0.2, 0) is 29.6 Å². The van der Waals surface area contributed by atoms with Gasteiger partial charge in [0.1, 0.15) is 11.5 Å². The van der Waals surface area contributed by atoms with Crippen LogP contribution in [0.1, 0.15) is 23.9 Å². The molecule has 0 unspecified atom stereocenters. The average Bonchev–Trinajstić information content (AvgIpc) is 2.84. The lowest BCUT2D eigenvalue weighted by molar-refractivity contribution is -0.142. The van der Waals surface area contributed by atoms with E-state index in [1.165, 1.54) is 10.7 Å². The third-order valence-corrected chi connectivity index (χ3v) is 3.24. The quantitative estimate of drug-likeness (QED) is 0.826. The number of aryl methyl sites for hydroxylation is 2. The first kappa shape index (κ1) is 16.0. The smallest absolute Gasteiger partial charge is 0.310 e. The SMILES string of the molecule is CCOC(=O)Cc1c(F)cc(-c2nnn(C)c2CO)nc1C. The highest BCUT2D eigenvalue weighted by atomic mass is 19.1. The maximum atomic E-state index is 14.3. The lowest BCUT2D eigenvalue weighted by atomic mass is 10.1. The van der Waals surface area contributed by atoms with Crippen molar-refractivity contribution in [2.24, 2.45) is 7.05 Å². The van der Waals surface area contributed by atoms with Crippen molar-refractivity contribution < 1.29 is 19.0 Å². The molecule has 0 spiro atoms. The summed E-state index contributed by atoms with van der Waals surface area (Å²) in [5.41, 5.74) is 1.58. The maximum Gasteiger partial charge on any atom is 0.310 e. The van der Waals surface area contributed by atoms with E-state index in [4.69, 9.17) is 4.74 Å². The van der Waals surface area contributed by atoms with Crippen LogP contribution in [0.25, 0.3) is 11.4 Å². The zero-order valence-corrected chi connectivity index (χ0v) is 12.6. The van der Waals surface area contributed by atoms with Crippen LogP contribution in [0.2, 0.25) is 0 Å². The van der Waals surface area contributed by atoms with Crippen LogP contribution >= 0.6 is 0 Å². The Bertz CT molecular complexity index is 676. The van der Waals surface area contributed by atoms with Gasteiger partial charge in [-0.2, -0.15) is 0 Å². The Balaban J connectivity index is 2.39. The number of aromatic nitrogens is 4. The summed E-state index contributed by atoms with van der Waals surface area (Å²) in [6.07, 6.45) is -0.174.